The molecule has 1 fully saturated rings. The monoisotopic (exact) mass is 272 g/mol. The van der Waals surface area contributed by atoms with Gasteiger partial charge in [0.05, 0.1) is 31.3 Å². The van der Waals surface area contributed by atoms with Crippen LogP contribution in [-0.4, -0.2) is 54.9 Å². The van der Waals surface area contributed by atoms with Crippen molar-refractivity contribution in [3.63, 3.8) is 0 Å². The van der Waals surface area contributed by atoms with Crippen molar-refractivity contribution in [1.82, 2.24) is 4.90 Å². The van der Waals surface area contributed by atoms with Crippen LogP contribution in [0.4, 0.5) is 0 Å². The molecule has 0 saturated carbocycles. The third-order valence-electron chi connectivity index (χ3n) is 4.00. The maximum Gasteiger partial charge on any atom is 0.230 e. The van der Waals surface area contributed by atoms with E-state index in [1.807, 2.05) is 0 Å². The third-order valence-corrected chi connectivity index (χ3v) is 4.00. The summed E-state index contributed by atoms with van der Waals surface area (Å²) in [6, 6.07) is -0.221. The van der Waals surface area contributed by atoms with Crippen LogP contribution in [0.1, 0.15) is 39.5 Å². The van der Waals surface area contributed by atoms with Crippen molar-refractivity contribution in [2.24, 2.45) is 11.1 Å². The minimum atomic E-state index is -0.464. The van der Waals surface area contributed by atoms with Gasteiger partial charge < -0.3 is 20.5 Å². The molecular weight excluding hydrogens is 244 g/mol. The second kappa shape index (κ2) is 7.82. The minimum absolute atomic E-state index is 0.0510. The van der Waals surface area contributed by atoms with Gasteiger partial charge in [0.15, 0.2) is 0 Å². The summed E-state index contributed by atoms with van der Waals surface area (Å²) in [5.41, 5.74) is 5.47. The van der Waals surface area contributed by atoms with Gasteiger partial charge in [-0.15, -0.1) is 0 Å². The fourth-order valence-electron chi connectivity index (χ4n) is 2.97. The van der Waals surface area contributed by atoms with Gasteiger partial charge in [-0.3, -0.25) is 4.79 Å². The lowest BCUT2D eigenvalue weighted by Gasteiger charge is -2.41. The van der Waals surface area contributed by atoms with Crippen LogP contribution in [0, 0.1) is 5.41 Å². The summed E-state index contributed by atoms with van der Waals surface area (Å²) >= 11 is 0. The van der Waals surface area contributed by atoms with Crippen molar-refractivity contribution in [3.05, 3.63) is 0 Å². The molecule has 5 heteroatoms. The lowest BCUT2D eigenvalue weighted by Crippen LogP contribution is -2.57. The van der Waals surface area contributed by atoms with E-state index in [4.69, 9.17) is 10.5 Å². The van der Waals surface area contributed by atoms with Gasteiger partial charge in [0.1, 0.15) is 0 Å². The average Bonchev–Trinajstić information content (AvgIpc) is 2.46. The second-order valence-corrected chi connectivity index (χ2v) is 5.39. The van der Waals surface area contributed by atoms with Gasteiger partial charge in [0.2, 0.25) is 5.91 Å². The number of hydrogen-bond donors (Lipinski definition) is 2. The summed E-state index contributed by atoms with van der Waals surface area (Å²) in [4.78, 5) is 14.7. The molecule has 0 aromatic rings. The topological polar surface area (TPSA) is 75.8 Å². The quantitative estimate of drug-likeness (QED) is 0.717. The SMILES string of the molecule is CCCC(CN)(CCC)C(=O)N1CCOCC1CO. The molecule has 1 heterocycles. The Kier molecular flexibility index (Phi) is 6.75. The number of aliphatic hydroxyl groups excluding tert-OH is 1. The zero-order valence-corrected chi connectivity index (χ0v) is 12.2. The first-order valence-electron chi connectivity index (χ1n) is 7.35. The molecular formula is C14H28N2O3. The van der Waals surface area contributed by atoms with Gasteiger partial charge in [0.25, 0.3) is 0 Å². The number of morpholine rings is 1. The molecule has 5 nitrogen and oxygen atoms in total. The Morgan fingerprint density at radius 3 is 2.53 bits per heavy atom. The van der Waals surface area contributed by atoms with Gasteiger partial charge in [-0.1, -0.05) is 26.7 Å². The predicted molar refractivity (Wildman–Crippen MR) is 74.7 cm³/mol. The van der Waals surface area contributed by atoms with E-state index in [0.717, 1.165) is 25.7 Å². The van der Waals surface area contributed by atoms with Crippen molar-refractivity contribution in [2.75, 3.05) is 32.9 Å². The summed E-state index contributed by atoms with van der Waals surface area (Å²) in [6.07, 6.45) is 3.51. The first-order chi connectivity index (χ1) is 9.15. The van der Waals surface area contributed by atoms with E-state index < -0.39 is 5.41 Å². The minimum Gasteiger partial charge on any atom is -0.394 e. The van der Waals surface area contributed by atoms with Gasteiger partial charge in [-0.25, -0.2) is 0 Å². The molecule has 0 spiro atoms. The number of carbonyl (C=O) groups is 1. The highest BCUT2D eigenvalue weighted by Gasteiger charge is 2.41. The Bertz CT molecular complexity index is 278. The Labute approximate surface area is 116 Å². The third kappa shape index (κ3) is 3.68. The molecule has 0 aromatic heterocycles. The molecule has 19 heavy (non-hydrogen) atoms. The van der Waals surface area contributed by atoms with Crippen molar-refractivity contribution in [3.8, 4) is 0 Å². The Morgan fingerprint density at radius 1 is 1.42 bits per heavy atom. The van der Waals surface area contributed by atoms with E-state index in [2.05, 4.69) is 13.8 Å². The summed E-state index contributed by atoms with van der Waals surface area (Å²) in [7, 11) is 0. The maximum atomic E-state index is 12.9. The van der Waals surface area contributed by atoms with Gasteiger partial charge in [-0.05, 0) is 12.8 Å². The van der Waals surface area contributed by atoms with Crippen molar-refractivity contribution in [1.29, 1.82) is 0 Å². The van der Waals surface area contributed by atoms with Crippen molar-refractivity contribution >= 4 is 5.91 Å². The first kappa shape index (κ1) is 16.4. The summed E-state index contributed by atoms with van der Waals surface area (Å²) in [5, 5.41) is 9.40. The maximum absolute atomic E-state index is 12.9. The number of rotatable bonds is 7. The van der Waals surface area contributed by atoms with Crippen LogP contribution >= 0.6 is 0 Å². The Hall–Kier alpha value is -0.650. The molecule has 112 valence electrons. The molecule has 1 aliphatic heterocycles. The largest absolute Gasteiger partial charge is 0.394 e. The van der Waals surface area contributed by atoms with E-state index in [0.29, 0.717) is 26.3 Å². The van der Waals surface area contributed by atoms with Crippen molar-refractivity contribution < 1.29 is 14.6 Å². The summed E-state index contributed by atoms with van der Waals surface area (Å²) in [5.74, 6) is 0.0982. The first-order valence-corrected chi connectivity index (χ1v) is 7.35. The number of ether oxygens (including phenoxy) is 1. The van der Waals surface area contributed by atoms with Crippen LogP contribution in [0.15, 0.2) is 0 Å². The van der Waals surface area contributed by atoms with E-state index in [1.54, 1.807) is 4.90 Å². The molecule has 1 atom stereocenters. The standard InChI is InChI=1S/C14H28N2O3/c1-3-5-14(11-15,6-4-2)13(18)16-7-8-19-10-12(16)9-17/h12,17H,3-11,15H2,1-2H3. The molecule has 1 amide bonds. The lowest BCUT2D eigenvalue weighted by molar-refractivity contribution is -0.153. The second-order valence-electron chi connectivity index (χ2n) is 5.39. The number of aliphatic hydroxyl groups is 1. The molecule has 1 unspecified atom stereocenters. The zero-order valence-electron chi connectivity index (χ0n) is 12.2. The normalized spacial score (nSPS) is 20.6. The molecule has 0 aliphatic carbocycles. The fourth-order valence-corrected chi connectivity index (χ4v) is 2.97. The van der Waals surface area contributed by atoms with E-state index in [1.165, 1.54) is 0 Å². The molecule has 0 bridgehead atoms. The highest BCUT2D eigenvalue weighted by atomic mass is 16.5. The smallest absolute Gasteiger partial charge is 0.230 e. The number of amides is 1. The predicted octanol–water partition coefficient (Wildman–Crippen LogP) is 0.751. The van der Waals surface area contributed by atoms with Crippen LogP contribution in [-0.2, 0) is 9.53 Å². The van der Waals surface area contributed by atoms with Crippen LogP contribution in [0.5, 0.6) is 0 Å². The van der Waals surface area contributed by atoms with Gasteiger partial charge in [0, 0.05) is 13.1 Å². The fraction of sp³-hybridized carbons (Fsp3) is 0.929. The van der Waals surface area contributed by atoms with E-state index in [9.17, 15) is 9.90 Å². The molecule has 1 saturated heterocycles. The Balaban J connectivity index is 2.90. The molecule has 3 N–H and O–H groups in total. The van der Waals surface area contributed by atoms with Crippen LogP contribution < -0.4 is 5.73 Å². The van der Waals surface area contributed by atoms with Gasteiger partial charge >= 0.3 is 0 Å². The number of hydrogen-bond acceptors (Lipinski definition) is 4. The van der Waals surface area contributed by atoms with Gasteiger partial charge in [-0.2, -0.15) is 0 Å². The number of nitrogens with zero attached hydrogens (tertiary/aromatic N) is 1. The number of nitrogens with two attached hydrogens (primary N) is 1. The Morgan fingerprint density at radius 2 is 2.05 bits per heavy atom. The van der Waals surface area contributed by atoms with Crippen LogP contribution in [0.25, 0.3) is 0 Å². The highest BCUT2D eigenvalue weighted by Crippen LogP contribution is 2.32. The molecule has 1 rings (SSSR count). The average molecular weight is 272 g/mol. The zero-order chi connectivity index (χ0) is 14.3. The highest BCUT2D eigenvalue weighted by molar-refractivity contribution is 5.83. The van der Waals surface area contributed by atoms with Crippen LogP contribution in [0.2, 0.25) is 0 Å². The molecule has 1 aliphatic rings. The summed E-state index contributed by atoms with van der Waals surface area (Å²) < 4.78 is 5.33. The summed E-state index contributed by atoms with van der Waals surface area (Å²) in [6.45, 7) is 6.00. The van der Waals surface area contributed by atoms with E-state index in [-0.39, 0.29) is 18.6 Å². The lowest BCUT2D eigenvalue weighted by atomic mass is 9.77. The molecule has 0 radical (unpaired) electrons. The van der Waals surface area contributed by atoms with Crippen LogP contribution in [0.3, 0.4) is 0 Å². The number of carbonyl (C=O) groups excluding carboxylic acids is 1. The van der Waals surface area contributed by atoms with Crippen molar-refractivity contribution in [2.45, 2.75) is 45.6 Å². The molecule has 0 aromatic carbocycles. The van der Waals surface area contributed by atoms with E-state index >= 15 is 0 Å².